The molecule has 1 amide bonds. The van der Waals surface area contributed by atoms with Gasteiger partial charge in [0.25, 0.3) is 11.6 Å². The molecule has 0 saturated heterocycles. The van der Waals surface area contributed by atoms with E-state index in [0.29, 0.717) is 5.56 Å². The lowest BCUT2D eigenvalue weighted by Crippen LogP contribution is -2.17. The molecule has 1 aromatic heterocycles. The van der Waals surface area contributed by atoms with Crippen molar-refractivity contribution < 1.29 is 19.6 Å². The first-order chi connectivity index (χ1) is 11.5. The van der Waals surface area contributed by atoms with Crippen LogP contribution >= 0.6 is 0 Å². The Labute approximate surface area is 136 Å². The van der Waals surface area contributed by atoms with Crippen LogP contribution in [-0.4, -0.2) is 33.7 Å². The summed E-state index contributed by atoms with van der Waals surface area (Å²) in [6.45, 7) is 1.91. The number of benzene rings is 1. The highest BCUT2D eigenvalue weighted by atomic mass is 16.6. The molecule has 0 aliphatic rings. The number of rotatable bonds is 6. The molecule has 0 spiro atoms. The minimum atomic E-state index is -0.618. The number of nitro benzene ring substituents is 1. The summed E-state index contributed by atoms with van der Waals surface area (Å²) < 4.78 is 5.15. The molecule has 0 aliphatic carbocycles. The standard InChI is InChI=1S/C15H14N4O5/c1-2-24-13-7-12(19(22)23)6-11(14(13)20)9-17-18-15(21)10-4-3-5-16-8-10/h3-9,20H,2H2,1H3,(H,18,21)/b17-9-. The van der Waals surface area contributed by atoms with Crippen LogP contribution in [0.1, 0.15) is 22.8 Å². The molecule has 2 rings (SSSR count). The smallest absolute Gasteiger partial charge is 0.274 e. The van der Waals surface area contributed by atoms with Gasteiger partial charge in [-0.15, -0.1) is 0 Å². The molecule has 2 N–H and O–H groups in total. The first-order valence-electron chi connectivity index (χ1n) is 6.90. The van der Waals surface area contributed by atoms with Crippen molar-refractivity contribution in [3.05, 3.63) is 57.9 Å². The van der Waals surface area contributed by atoms with Gasteiger partial charge in [-0.25, -0.2) is 5.43 Å². The summed E-state index contributed by atoms with van der Waals surface area (Å²) in [5.41, 5.74) is 2.32. The van der Waals surface area contributed by atoms with Crippen molar-refractivity contribution in [1.82, 2.24) is 10.4 Å². The van der Waals surface area contributed by atoms with Gasteiger partial charge in [-0.1, -0.05) is 0 Å². The fourth-order valence-corrected chi connectivity index (χ4v) is 1.81. The number of nitro groups is 1. The van der Waals surface area contributed by atoms with E-state index >= 15 is 0 Å². The molecule has 9 heteroatoms. The van der Waals surface area contributed by atoms with Gasteiger partial charge in [-0.3, -0.25) is 19.9 Å². The zero-order valence-corrected chi connectivity index (χ0v) is 12.7. The van der Waals surface area contributed by atoms with Gasteiger partial charge < -0.3 is 9.84 Å². The number of aromatic nitrogens is 1. The Morgan fingerprint density at radius 3 is 2.96 bits per heavy atom. The molecule has 124 valence electrons. The number of pyridine rings is 1. The van der Waals surface area contributed by atoms with Gasteiger partial charge in [0.05, 0.1) is 29.4 Å². The van der Waals surface area contributed by atoms with Crippen LogP contribution in [-0.2, 0) is 0 Å². The number of hydrogen-bond acceptors (Lipinski definition) is 7. The molecule has 1 aromatic carbocycles. The van der Waals surface area contributed by atoms with E-state index in [1.54, 1.807) is 19.1 Å². The topological polar surface area (TPSA) is 127 Å². The molecule has 2 aromatic rings. The molecular formula is C15H14N4O5. The minimum absolute atomic E-state index is 0.0354. The summed E-state index contributed by atoms with van der Waals surface area (Å²) in [6.07, 6.45) is 3.98. The van der Waals surface area contributed by atoms with E-state index in [4.69, 9.17) is 4.74 Å². The number of non-ortho nitro benzene ring substituents is 1. The highest BCUT2D eigenvalue weighted by molar-refractivity contribution is 5.95. The molecule has 24 heavy (non-hydrogen) atoms. The predicted molar refractivity (Wildman–Crippen MR) is 85.2 cm³/mol. The molecular weight excluding hydrogens is 316 g/mol. The molecule has 0 unspecified atom stereocenters. The van der Waals surface area contributed by atoms with Crippen LogP contribution in [0.15, 0.2) is 41.8 Å². The summed E-state index contributed by atoms with van der Waals surface area (Å²) in [4.78, 5) is 25.9. The summed E-state index contributed by atoms with van der Waals surface area (Å²) in [6, 6.07) is 5.39. The van der Waals surface area contributed by atoms with Crippen LogP contribution in [0.3, 0.4) is 0 Å². The quantitative estimate of drug-likeness (QED) is 0.473. The van der Waals surface area contributed by atoms with Crippen LogP contribution in [0.25, 0.3) is 0 Å². The Kier molecular flexibility index (Phi) is 5.40. The van der Waals surface area contributed by atoms with E-state index in [-0.39, 0.29) is 29.4 Å². The van der Waals surface area contributed by atoms with E-state index in [2.05, 4.69) is 15.5 Å². The molecule has 0 bridgehead atoms. The molecule has 1 heterocycles. The Bertz CT molecular complexity index is 777. The second kappa shape index (κ2) is 7.68. The SMILES string of the molecule is CCOc1cc([N+](=O)[O-])cc(/C=N\NC(=O)c2cccnc2)c1O. The summed E-state index contributed by atoms with van der Waals surface area (Å²) in [5.74, 6) is -0.845. The summed E-state index contributed by atoms with van der Waals surface area (Å²) in [7, 11) is 0. The minimum Gasteiger partial charge on any atom is -0.504 e. The second-order valence-corrected chi connectivity index (χ2v) is 4.51. The Morgan fingerprint density at radius 1 is 1.54 bits per heavy atom. The molecule has 0 atom stereocenters. The number of phenols is 1. The monoisotopic (exact) mass is 330 g/mol. The summed E-state index contributed by atoms with van der Waals surface area (Å²) >= 11 is 0. The van der Waals surface area contributed by atoms with E-state index in [1.807, 2.05) is 0 Å². The number of carbonyl (C=O) groups excluding carboxylic acids is 1. The first-order valence-corrected chi connectivity index (χ1v) is 6.90. The van der Waals surface area contributed by atoms with Crippen molar-refractivity contribution in [3.63, 3.8) is 0 Å². The second-order valence-electron chi connectivity index (χ2n) is 4.51. The Hall–Kier alpha value is -3.49. The normalized spacial score (nSPS) is 10.5. The average molecular weight is 330 g/mol. The maximum Gasteiger partial charge on any atom is 0.274 e. The van der Waals surface area contributed by atoms with Crippen LogP contribution < -0.4 is 10.2 Å². The number of ether oxygens (including phenoxy) is 1. The first kappa shape index (κ1) is 16.9. The maximum absolute atomic E-state index is 11.8. The largest absolute Gasteiger partial charge is 0.504 e. The van der Waals surface area contributed by atoms with Crippen LogP contribution in [0, 0.1) is 10.1 Å². The predicted octanol–water partition coefficient (Wildman–Crippen LogP) is 1.86. The fourth-order valence-electron chi connectivity index (χ4n) is 1.81. The van der Waals surface area contributed by atoms with E-state index in [0.717, 1.165) is 18.3 Å². The number of carbonyl (C=O) groups is 1. The number of phenolic OH excluding ortho intramolecular Hbond substituents is 1. The number of aromatic hydroxyl groups is 1. The van der Waals surface area contributed by atoms with Crippen molar-refractivity contribution in [3.8, 4) is 11.5 Å². The number of amides is 1. The van der Waals surface area contributed by atoms with Gasteiger partial charge in [0, 0.05) is 24.0 Å². The maximum atomic E-state index is 11.8. The van der Waals surface area contributed by atoms with Gasteiger partial charge in [0.2, 0.25) is 0 Å². The molecule has 0 saturated carbocycles. The third kappa shape index (κ3) is 4.03. The van der Waals surface area contributed by atoms with Crippen molar-refractivity contribution in [2.24, 2.45) is 5.10 Å². The van der Waals surface area contributed by atoms with Gasteiger partial charge >= 0.3 is 0 Å². The Balaban J connectivity index is 2.21. The number of hydrazone groups is 1. The number of hydrogen-bond donors (Lipinski definition) is 2. The third-order valence-electron chi connectivity index (χ3n) is 2.89. The van der Waals surface area contributed by atoms with E-state index in [9.17, 15) is 20.0 Å². The molecule has 0 radical (unpaired) electrons. The lowest BCUT2D eigenvalue weighted by atomic mass is 10.1. The van der Waals surface area contributed by atoms with Crippen molar-refractivity contribution >= 4 is 17.8 Å². The van der Waals surface area contributed by atoms with Gasteiger partial charge in [-0.2, -0.15) is 5.10 Å². The zero-order valence-electron chi connectivity index (χ0n) is 12.7. The lowest BCUT2D eigenvalue weighted by Gasteiger charge is -2.07. The van der Waals surface area contributed by atoms with E-state index in [1.165, 1.54) is 12.4 Å². The average Bonchev–Trinajstić information content (AvgIpc) is 2.58. The highest BCUT2D eigenvalue weighted by Crippen LogP contribution is 2.33. The third-order valence-corrected chi connectivity index (χ3v) is 2.89. The highest BCUT2D eigenvalue weighted by Gasteiger charge is 2.16. The summed E-state index contributed by atoms with van der Waals surface area (Å²) in [5, 5.41) is 24.7. The zero-order chi connectivity index (χ0) is 17.5. The molecule has 0 aliphatic heterocycles. The van der Waals surface area contributed by atoms with Gasteiger partial charge in [0.1, 0.15) is 0 Å². The van der Waals surface area contributed by atoms with E-state index < -0.39 is 10.8 Å². The number of nitrogens with zero attached hydrogens (tertiary/aromatic N) is 3. The van der Waals surface area contributed by atoms with Crippen LogP contribution in [0.2, 0.25) is 0 Å². The Morgan fingerprint density at radius 2 is 2.33 bits per heavy atom. The fraction of sp³-hybridized carbons (Fsp3) is 0.133. The molecule has 0 fully saturated rings. The van der Waals surface area contributed by atoms with Crippen molar-refractivity contribution in [2.45, 2.75) is 6.92 Å². The molecule has 9 nitrogen and oxygen atoms in total. The van der Waals surface area contributed by atoms with Crippen molar-refractivity contribution in [1.29, 1.82) is 0 Å². The van der Waals surface area contributed by atoms with Crippen molar-refractivity contribution in [2.75, 3.05) is 6.61 Å². The van der Waals surface area contributed by atoms with Crippen LogP contribution in [0.4, 0.5) is 5.69 Å². The van der Waals surface area contributed by atoms with Gasteiger partial charge in [-0.05, 0) is 19.1 Å². The van der Waals surface area contributed by atoms with Crippen LogP contribution in [0.5, 0.6) is 11.5 Å². The number of nitrogens with one attached hydrogen (secondary N) is 1. The lowest BCUT2D eigenvalue weighted by molar-refractivity contribution is -0.385. The van der Waals surface area contributed by atoms with Gasteiger partial charge in [0.15, 0.2) is 11.5 Å².